The number of anilines is 3. The summed E-state index contributed by atoms with van der Waals surface area (Å²) >= 11 is 12.8. The summed E-state index contributed by atoms with van der Waals surface area (Å²) in [6, 6.07) is 17.3. The van der Waals surface area contributed by atoms with Gasteiger partial charge in [-0.1, -0.05) is 37.0 Å². The molecule has 0 unspecified atom stereocenters. The third-order valence-electron chi connectivity index (χ3n) is 13.3. The molecule has 4 aliphatic heterocycles. The zero-order valence-corrected chi connectivity index (χ0v) is 39.0. The molecular weight excluding hydrogens is 882 g/mol. The molecule has 5 amide bonds. The first-order valence-corrected chi connectivity index (χ1v) is 23.4. The number of nitrogens with one attached hydrogen (secondary N) is 3. The van der Waals surface area contributed by atoms with E-state index in [0.29, 0.717) is 60.3 Å². The second-order valence-corrected chi connectivity index (χ2v) is 19.7. The molecule has 66 heavy (non-hydrogen) atoms. The maximum Gasteiger partial charge on any atom is 0.328 e. The molecule has 16 nitrogen and oxygen atoms in total. The number of ether oxygens (including phenoxy) is 1. The predicted octanol–water partition coefficient (Wildman–Crippen LogP) is 6.70. The molecule has 0 radical (unpaired) electrons. The predicted molar refractivity (Wildman–Crippen MR) is 255 cm³/mol. The first-order valence-electron chi connectivity index (χ1n) is 22.6. The van der Waals surface area contributed by atoms with E-state index in [1.165, 1.54) is 0 Å². The molecular formula is C48H55Cl2N11O5. The smallest absolute Gasteiger partial charge is 0.328 e. The zero-order valence-electron chi connectivity index (χ0n) is 37.5. The number of halogens is 2. The number of imide groups is 1. The molecule has 5 aromatic rings. The number of urea groups is 1. The highest BCUT2D eigenvalue weighted by molar-refractivity contribution is 6.35. The van der Waals surface area contributed by atoms with E-state index in [-0.39, 0.29) is 34.6 Å². The van der Waals surface area contributed by atoms with Gasteiger partial charge in [0.15, 0.2) is 0 Å². The van der Waals surface area contributed by atoms with Crippen LogP contribution >= 0.6 is 23.2 Å². The van der Waals surface area contributed by atoms with Crippen molar-refractivity contribution in [1.82, 2.24) is 40.6 Å². The van der Waals surface area contributed by atoms with Crippen LogP contribution in [-0.2, 0) is 14.4 Å². The van der Waals surface area contributed by atoms with Gasteiger partial charge in [0.1, 0.15) is 23.4 Å². The molecule has 0 aliphatic carbocycles. The van der Waals surface area contributed by atoms with Gasteiger partial charge in [-0.15, -0.1) is 0 Å². The molecule has 4 saturated heterocycles. The fourth-order valence-corrected chi connectivity index (χ4v) is 10.2. The maximum atomic E-state index is 13.6. The summed E-state index contributed by atoms with van der Waals surface area (Å²) in [4.78, 5) is 69.6. The number of carbonyl (C=O) groups is 4. The largest absolute Gasteiger partial charge is 0.486 e. The lowest BCUT2D eigenvalue weighted by Gasteiger charge is -2.48. The van der Waals surface area contributed by atoms with Crippen LogP contribution in [0.25, 0.3) is 22.2 Å². The lowest BCUT2D eigenvalue weighted by molar-refractivity contribution is -0.133. The van der Waals surface area contributed by atoms with Gasteiger partial charge in [0, 0.05) is 143 Å². The number of rotatable bonds is 14. The van der Waals surface area contributed by atoms with Gasteiger partial charge in [0.2, 0.25) is 17.7 Å². The number of aromatic nitrogens is 4. The van der Waals surface area contributed by atoms with E-state index < -0.39 is 6.10 Å². The number of fused-ring (bicyclic) bond motifs is 1. The van der Waals surface area contributed by atoms with E-state index in [9.17, 15) is 19.2 Å². The molecule has 4 aliphatic rings. The van der Waals surface area contributed by atoms with Crippen molar-refractivity contribution in [1.29, 1.82) is 0 Å². The molecule has 0 saturated carbocycles. The molecule has 9 rings (SSSR count). The van der Waals surface area contributed by atoms with Gasteiger partial charge < -0.3 is 24.8 Å². The number of benzene rings is 2. The molecule has 1 spiro atoms. The second-order valence-electron chi connectivity index (χ2n) is 18.9. The number of H-pyrrole nitrogens is 1. The van der Waals surface area contributed by atoms with Crippen molar-refractivity contribution in [3.05, 3.63) is 88.8 Å². The molecule has 4 fully saturated rings. The highest BCUT2D eigenvalue weighted by Crippen LogP contribution is 2.42. The van der Waals surface area contributed by atoms with E-state index in [4.69, 9.17) is 32.9 Å². The van der Waals surface area contributed by atoms with Crippen molar-refractivity contribution in [2.45, 2.75) is 52.6 Å². The number of pyridine rings is 2. The van der Waals surface area contributed by atoms with E-state index in [2.05, 4.69) is 40.5 Å². The summed E-state index contributed by atoms with van der Waals surface area (Å²) in [7, 11) is 0. The van der Waals surface area contributed by atoms with E-state index in [1.54, 1.807) is 17.3 Å². The Bertz CT molecular complexity index is 2590. The van der Waals surface area contributed by atoms with Crippen LogP contribution in [0, 0.1) is 10.8 Å². The van der Waals surface area contributed by atoms with E-state index in [1.807, 2.05) is 86.5 Å². The van der Waals surface area contributed by atoms with Crippen molar-refractivity contribution in [2.24, 2.45) is 10.8 Å². The minimum absolute atomic E-state index is 0.00516. The van der Waals surface area contributed by atoms with Crippen LogP contribution in [0.15, 0.2) is 73.2 Å². The number of hydrogen-bond donors (Lipinski definition) is 3. The molecule has 3 aromatic heterocycles. The molecule has 346 valence electrons. The number of amides is 5. The van der Waals surface area contributed by atoms with Crippen LogP contribution in [0.5, 0.6) is 5.75 Å². The summed E-state index contributed by atoms with van der Waals surface area (Å²) < 4.78 is 6.25. The van der Waals surface area contributed by atoms with Gasteiger partial charge in [-0.3, -0.25) is 39.6 Å². The van der Waals surface area contributed by atoms with Gasteiger partial charge in [-0.05, 0) is 73.4 Å². The number of likely N-dealkylation sites (tertiary alicyclic amines) is 1. The molecule has 3 N–H and O–H groups in total. The molecule has 18 heteroatoms. The molecule has 2 aromatic carbocycles. The maximum absolute atomic E-state index is 13.6. The normalized spacial score (nSPS) is 18.1. The fraction of sp³-hybridized carbons (Fsp3) is 0.438. The SMILES string of the molecule is C[C@@H](Oc1ccc2[nH]nc(-c3ccc(N4CC5(CCN(C(=O)CC(C)(C)CNC(=O)CCN6CCN(c7ccc(N8CCC(=O)NC8=O)cc7)CC6)C5)C4)nc3)c2c1)c1c(Cl)cncc1Cl. The van der Waals surface area contributed by atoms with Crippen molar-refractivity contribution >= 4 is 75.1 Å². The zero-order chi connectivity index (χ0) is 46.2. The Morgan fingerprint density at radius 2 is 1.64 bits per heavy atom. The van der Waals surface area contributed by atoms with Crippen LogP contribution in [0.4, 0.5) is 22.0 Å². The minimum atomic E-state index is -0.399. The van der Waals surface area contributed by atoms with Crippen molar-refractivity contribution in [3.8, 4) is 17.0 Å². The molecule has 1 atom stereocenters. The van der Waals surface area contributed by atoms with Crippen LogP contribution in [0.1, 0.15) is 58.1 Å². The van der Waals surface area contributed by atoms with Gasteiger partial charge in [0.05, 0.1) is 15.6 Å². The number of hydrogen-bond acceptors (Lipinski definition) is 11. The number of nitrogens with zero attached hydrogens (tertiary/aromatic N) is 8. The third-order valence-corrected chi connectivity index (χ3v) is 13.9. The van der Waals surface area contributed by atoms with Crippen molar-refractivity contribution in [3.63, 3.8) is 0 Å². The van der Waals surface area contributed by atoms with Crippen LogP contribution in [0.3, 0.4) is 0 Å². The highest BCUT2D eigenvalue weighted by atomic mass is 35.5. The topological polar surface area (TPSA) is 172 Å². The monoisotopic (exact) mass is 935 g/mol. The second kappa shape index (κ2) is 18.7. The van der Waals surface area contributed by atoms with Gasteiger partial charge in [-0.2, -0.15) is 5.10 Å². The van der Waals surface area contributed by atoms with Crippen molar-refractivity contribution < 1.29 is 23.9 Å². The lowest BCUT2D eigenvalue weighted by Crippen LogP contribution is -2.58. The number of aromatic amines is 1. The van der Waals surface area contributed by atoms with Crippen LogP contribution in [0.2, 0.25) is 10.0 Å². The Labute approximate surface area is 393 Å². The highest BCUT2D eigenvalue weighted by Gasteiger charge is 2.49. The van der Waals surface area contributed by atoms with Gasteiger partial charge >= 0.3 is 6.03 Å². The third kappa shape index (κ3) is 9.91. The first-order chi connectivity index (χ1) is 31.7. The molecule has 0 bridgehead atoms. The summed E-state index contributed by atoms with van der Waals surface area (Å²) in [5.74, 6) is 1.43. The summed E-state index contributed by atoms with van der Waals surface area (Å²) in [5.41, 5.74) is 4.72. The quantitative estimate of drug-likeness (QED) is 0.108. The number of carbonyl (C=O) groups excluding carboxylic acids is 4. The van der Waals surface area contributed by atoms with Crippen LogP contribution < -0.4 is 30.1 Å². The Hall–Kier alpha value is -5.97. The Morgan fingerprint density at radius 1 is 0.894 bits per heavy atom. The Morgan fingerprint density at radius 3 is 2.35 bits per heavy atom. The van der Waals surface area contributed by atoms with Crippen LogP contribution in [-0.4, -0.2) is 126 Å². The van der Waals surface area contributed by atoms with E-state index >= 15 is 0 Å². The van der Waals surface area contributed by atoms with Crippen molar-refractivity contribution in [2.75, 3.05) is 86.7 Å². The average Bonchev–Trinajstić information content (AvgIpc) is 3.93. The average molecular weight is 937 g/mol. The lowest BCUT2D eigenvalue weighted by atomic mass is 9.79. The number of piperazine rings is 1. The summed E-state index contributed by atoms with van der Waals surface area (Å²) in [6.45, 7) is 14.0. The first kappa shape index (κ1) is 45.2. The van der Waals surface area contributed by atoms with Gasteiger partial charge in [-0.25, -0.2) is 9.78 Å². The standard InChI is InChI=1S/C48H55Cl2N11O5/c1-31(44-37(49)25-51-26-38(44)50)66-35-9-10-39-36(22-35)45(56-55-39)32-4-11-40(52-24-32)60-29-48(30-60)14-17-59(28-48)43(64)23-47(2,3)27-53-41(62)12-15-57-18-20-58(21-19-57)33-5-7-34(8-6-33)61-16-13-42(63)54-46(61)65/h4-11,22,24-26,31H,12-21,23,27-30H2,1-3H3,(H,53,62)(H,55,56)(H,54,63,65)/t31-/m1/s1. The summed E-state index contributed by atoms with van der Waals surface area (Å²) in [5, 5.41) is 15.0. The Kier molecular flexibility index (Phi) is 12.8. The van der Waals surface area contributed by atoms with Gasteiger partial charge in [0.25, 0.3) is 0 Å². The molecule has 7 heterocycles. The minimum Gasteiger partial charge on any atom is -0.486 e. The Balaban J connectivity index is 0.690. The van der Waals surface area contributed by atoms with E-state index in [0.717, 1.165) is 98.1 Å². The fourth-order valence-electron chi connectivity index (χ4n) is 9.56. The summed E-state index contributed by atoms with van der Waals surface area (Å²) in [6.07, 6.45) is 6.58.